The SMILES string of the molecule is CCCC(=O)c1ccc2c(c1)CCc1ccccc1-2. The Morgan fingerprint density at radius 2 is 1.74 bits per heavy atom. The van der Waals surface area contributed by atoms with Gasteiger partial charge in [0.15, 0.2) is 5.78 Å². The van der Waals surface area contributed by atoms with Crippen molar-refractivity contribution in [2.75, 3.05) is 0 Å². The standard InChI is InChI=1S/C18H18O/c1-2-5-18(19)15-10-11-17-14(12-15)9-8-13-6-3-4-7-16(13)17/h3-4,6-7,10-12H,2,5,8-9H2,1H3. The van der Waals surface area contributed by atoms with Crippen LogP contribution in [0.15, 0.2) is 42.5 Å². The Labute approximate surface area is 114 Å². The van der Waals surface area contributed by atoms with Gasteiger partial charge >= 0.3 is 0 Å². The van der Waals surface area contributed by atoms with Crippen LogP contribution in [0.4, 0.5) is 0 Å². The number of fused-ring (bicyclic) bond motifs is 3. The minimum Gasteiger partial charge on any atom is -0.294 e. The van der Waals surface area contributed by atoms with Crippen molar-refractivity contribution >= 4 is 5.78 Å². The summed E-state index contributed by atoms with van der Waals surface area (Å²) < 4.78 is 0. The van der Waals surface area contributed by atoms with E-state index < -0.39 is 0 Å². The van der Waals surface area contributed by atoms with Crippen LogP contribution in [0, 0.1) is 0 Å². The summed E-state index contributed by atoms with van der Waals surface area (Å²) in [5.74, 6) is 0.268. The molecular formula is C18H18O. The highest BCUT2D eigenvalue weighted by Gasteiger charge is 2.16. The highest BCUT2D eigenvalue weighted by atomic mass is 16.1. The lowest BCUT2D eigenvalue weighted by Crippen LogP contribution is -2.06. The number of carbonyl (C=O) groups is 1. The molecule has 0 amide bonds. The molecule has 3 rings (SSSR count). The normalized spacial score (nSPS) is 12.7. The second-order valence-electron chi connectivity index (χ2n) is 5.20. The van der Waals surface area contributed by atoms with Crippen LogP contribution in [0.25, 0.3) is 11.1 Å². The van der Waals surface area contributed by atoms with E-state index >= 15 is 0 Å². The molecule has 0 radical (unpaired) electrons. The fraction of sp³-hybridized carbons (Fsp3) is 0.278. The number of Topliss-reactive ketones (excluding diaryl/α,β-unsaturated/α-hetero) is 1. The molecule has 0 heterocycles. The Bertz CT molecular complexity index is 625. The molecule has 19 heavy (non-hydrogen) atoms. The molecule has 2 aromatic carbocycles. The predicted molar refractivity (Wildman–Crippen MR) is 78.5 cm³/mol. The molecule has 0 saturated heterocycles. The van der Waals surface area contributed by atoms with Crippen LogP contribution >= 0.6 is 0 Å². The molecule has 0 bridgehead atoms. The average molecular weight is 250 g/mol. The van der Waals surface area contributed by atoms with E-state index in [0.29, 0.717) is 6.42 Å². The van der Waals surface area contributed by atoms with Crippen molar-refractivity contribution in [2.45, 2.75) is 32.6 Å². The van der Waals surface area contributed by atoms with E-state index in [-0.39, 0.29) is 5.78 Å². The van der Waals surface area contributed by atoms with Crippen molar-refractivity contribution in [3.63, 3.8) is 0 Å². The van der Waals surface area contributed by atoms with E-state index in [2.05, 4.69) is 36.4 Å². The van der Waals surface area contributed by atoms with Crippen LogP contribution in [0.3, 0.4) is 0 Å². The molecule has 0 atom stereocenters. The van der Waals surface area contributed by atoms with Crippen molar-refractivity contribution < 1.29 is 4.79 Å². The number of benzene rings is 2. The Balaban J connectivity index is 2.03. The molecule has 0 N–H and O–H groups in total. The van der Waals surface area contributed by atoms with Crippen LogP contribution in [0.1, 0.15) is 41.3 Å². The number of hydrogen-bond acceptors (Lipinski definition) is 1. The summed E-state index contributed by atoms with van der Waals surface area (Å²) in [5.41, 5.74) is 6.25. The van der Waals surface area contributed by atoms with Gasteiger partial charge in [0.1, 0.15) is 0 Å². The molecule has 1 heteroatoms. The van der Waals surface area contributed by atoms with Gasteiger partial charge in [0, 0.05) is 12.0 Å². The molecule has 1 aliphatic carbocycles. The first-order valence-corrected chi connectivity index (χ1v) is 7.04. The van der Waals surface area contributed by atoms with Gasteiger partial charge in [0.05, 0.1) is 0 Å². The molecule has 1 aliphatic rings. The van der Waals surface area contributed by atoms with E-state index in [0.717, 1.165) is 24.8 Å². The zero-order valence-corrected chi connectivity index (χ0v) is 11.3. The first kappa shape index (κ1) is 12.2. The van der Waals surface area contributed by atoms with E-state index in [1.165, 1.54) is 22.3 Å². The smallest absolute Gasteiger partial charge is 0.162 e. The third-order valence-electron chi connectivity index (χ3n) is 3.88. The molecule has 1 nitrogen and oxygen atoms in total. The highest BCUT2D eigenvalue weighted by molar-refractivity contribution is 5.97. The molecule has 0 fully saturated rings. The summed E-state index contributed by atoms with van der Waals surface area (Å²) in [6.07, 6.45) is 3.68. The molecule has 0 spiro atoms. The topological polar surface area (TPSA) is 17.1 Å². The Kier molecular flexibility index (Phi) is 3.20. The molecule has 0 unspecified atom stereocenters. The number of hydrogen-bond donors (Lipinski definition) is 0. The van der Waals surface area contributed by atoms with Crippen LogP contribution in [0.5, 0.6) is 0 Å². The fourth-order valence-corrected chi connectivity index (χ4v) is 2.88. The number of rotatable bonds is 3. The number of ketones is 1. The zero-order chi connectivity index (χ0) is 13.2. The Morgan fingerprint density at radius 3 is 2.58 bits per heavy atom. The summed E-state index contributed by atoms with van der Waals surface area (Å²) in [4.78, 5) is 12.0. The fourth-order valence-electron chi connectivity index (χ4n) is 2.88. The molecule has 0 aliphatic heterocycles. The van der Waals surface area contributed by atoms with Gasteiger partial charge in [-0.1, -0.05) is 43.3 Å². The van der Waals surface area contributed by atoms with Gasteiger partial charge in [-0.2, -0.15) is 0 Å². The minimum absolute atomic E-state index is 0.268. The van der Waals surface area contributed by atoms with Crippen molar-refractivity contribution in [3.05, 3.63) is 59.2 Å². The summed E-state index contributed by atoms with van der Waals surface area (Å²) in [6.45, 7) is 2.05. The maximum Gasteiger partial charge on any atom is 0.162 e. The molecule has 0 saturated carbocycles. The first-order chi connectivity index (χ1) is 9.29. The minimum atomic E-state index is 0.268. The van der Waals surface area contributed by atoms with Gasteiger partial charge < -0.3 is 0 Å². The Morgan fingerprint density at radius 1 is 1.00 bits per heavy atom. The van der Waals surface area contributed by atoms with Gasteiger partial charge in [-0.3, -0.25) is 4.79 Å². The zero-order valence-electron chi connectivity index (χ0n) is 11.3. The number of carbonyl (C=O) groups excluding carboxylic acids is 1. The van der Waals surface area contributed by atoms with E-state index in [1.807, 2.05) is 13.0 Å². The van der Waals surface area contributed by atoms with Gasteiger partial charge in [-0.25, -0.2) is 0 Å². The summed E-state index contributed by atoms with van der Waals surface area (Å²) in [5, 5.41) is 0. The molecule has 0 aromatic heterocycles. The van der Waals surface area contributed by atoms with Crippen molar-refractivity contribution in [2.24, 2.45) is 0 Å². The molecular weight excluding hydrogens is 232 g/mol. The van der Waals surface area contributed by atoms with E-state index in [4.69, 9.17) is 0 Å². The third kappa shape index (κ3) is 2.21. The largest absolute Gasteiger partial charge is 0.294 e. The lowest BCUT2D eigenvalue weighted by atomic mass is 9.84. The predicted octanol–water partition coefficient (Wildman–Crippen LogP) is 4.44. The lowest BCUT2D eigenvalue weighted by molar-refractivity contribution is 0.0981. The van der Waals surface area contributed by atoms with E-state index in [1.54, 1.807) is 0 Å². The van der Waals surface area contributed by atoms with Crippen molar-refractivity contribution in [1.82, 2.24) is 0 Å². The third-order valence-corrected chi connectivity index (χ3v) is 3.88. The van der Waals surface area contributed by atoms with Gasteiger partial charge in [-0.15, -0.1) is 0 Å². The maximum absolute atomic E-state index is 12.0. The van der Waals surface area contributed by atoms with Crippen molar-refractivity contribution in [1.29, 1.82) is 0 Å². The Hall–Kier alpha value is -1.89. The second kappa shape index (κ2) is 5.00. The van der Waals surface area contributed by atoms with Crippen LogP contribution in [-0.2, 0) is 12.8 Å². The second-order valence-corrected chi connectivity index (χ2v) is 5.20. The highest BCUT2D eigenvalue weighted by Crippen LogP contribution is 2.33. The van der Waals surface area contributed by atoms with Gasteiger partial charge in [0.25, 0.3) is 0 Å². The maximum atomic E-state index is 12.0. The van der Waals surface area contributed by atoms with E-state index in [9.17, 15) is 4.79 Å². The van der Waals surface area contributed by atoms with Crippen LogP contribution in [0.2, 0.25) is 0 Å². The van der Waals surface area contributed by atoms with Crippen LogP contribution < -0.4 is 0 Å². The summed E-state index contributed by atoms with van der Waals surface area (Å²) in [6, 6.07) is 14.8. The van der Waals surface area contributed by atoms with Crippen LogP contribution in [-0.4, -0.2) is 5.78 Å². The lowest BCUT2D eigenvalue weighted by Gasteiger charge is -2.20. The average Bonchev–Trinajstić information content (AvgIpc) is 2.46. The quantitative estimate of drug-likeness (QED) is 0.736. The summed E-state index contributed by atoms with van der Waals surface area (Å²) >= 11 is 0. The van der Waals surface area contributed by atoms with Gasteiger partial charge in [0.2, 0.25) is 0 Å². The molecule has 2 aromatic rings. The molecule has 96 valence electrons. The monoisotopic (exact) mass is 250 g/mol. The van der Waals surface area contributed by atoms with Gasteiger partial charge in [-0.05, 0) is 47.6 Å². The first-order valence-electron chi connectivity index (χ1n) is 7.04. The van der Waals surface area contributed by atoms with Crippen molar-refractivity contribution in [3.8, 4) is 11.1 Å². The number of aryl methyl sites for hydroxylation is 2. The summed E-state index contributed by atoms with van der Waals surface area (Å²) in [7, 11) is 0.